The van der Waals surface area contributed by atoms with Gasteiger partial charge in [-0.25, -0.2) is 15.0 Å². The molecule has 1 atom stereocenters. The first-order valence-corrected chi connectivity index (χ1v) is 11.0. The lowest BCUT2D eigenvalue weighted by atomic mass is 10.1. The van der Waals surface area contributed by atoms with Crippen molar-refractivity contribution in [1.29, 1.82) is 0 Å². The summed E-state index contributed by atoms with van der Waals surface area (Å²) in [5.41, 5.74) is 2.58. The first kappa shape index (κ1) is 21.3. The molecule has 5 rings (SSSR count). The lowest BCUT2D eigenvalue weighted by molar-refractivity contribution is -0.109. The summed E-state index contributed by atoms with van der Waals surface area (Å²) in [4.78, 5) is 32.9. The molecular weight excluding hydrogens is 420 g/mol. The van der Waals surface area contributed by atoms with Crippen LogP contribution in [0.25, 0.3) is 22.2 Å². The van der Waals surface area contributed by atoms with Crippen molar-refractivity contribution in [2.45, 2.75) is 19.0 Å². The highest BCUT2D eigenvalue weighted by Crippen LogP contribution is 2.32. The van der Waals surface area contributed by atoms with Crippen LogP contribution in [-0.4, -0.2) is 69.3 Å². The van der Waals surface area contributed by atoms with Crippen molar-refractivity contribution < 1.29 is 13.9 Å². The molecular formula is C24H26N6O3. The van der Waals surface area contributed by atoms with Gasteiger partial charge >= 0.3 is 0 Å². The fourth-order valence-corrected chi connectivity index (χ4v) is 4.42. The summed E-state index contributed by atoms with van der Waals surface area (Å²) in [5, 5.41) is 1.03. The Balaban J connectivity index is 1.41. The van der Waals surface area contributed by atoms with E-state index in [0.717, 1.165) is 60.3 Å². The lowest BCUT2D eigenvalue weighted by Gasteiger charge is -2.25. The van der Waals surface area contributed by atoms with Gasteiger partial charge in [-0.15, -0.1) is 0 Å². The summed E-state index contributed by atoms with van der Waals surface area (Å²) in [6.45, 7) is 3.43. The number of fused-ring (bicyclic) bond motifs is 1. The topological polar surface area (TPSA) is 100 Å². The van der Waals surface area contributed by atoms with Crippen molar-refractivity contribution in [3.8, 4) is 17.1 Å². The largest absolute Gasteiger partial charge is 0.480 e. The van der Waals surface area contributed by atoms with E-state index in [1.54, 1.807) is 19.6 Å². The van der Waals surface area contributed by atoms with Gasteiger partial charge in [0.1, 0.15) is 18.4 Å². The number of aldehydes is 1. The van der Waals surface area contributed by atoms with Gasteiger partial charge in [0.25, 0.3) is 0 Å². The number of aromatic nitrogens is 4. The number of ether oxygens (including phenoxy) is 1. The third-order valence-corrected chi connectivity index (χ3v) is 6.10. The molecule has 33 heavy (non-hydrogen) atoms. The number of nitrogens with one attached hydrogen (secondary N) is 1. The van der Waals surface area contributed by atoms with Gasteiger partial charge in [0.2, 0.25) is 11.8 Å². The van der Waals surface area contributed by atoms with Crippen molar-refractivity contribution in [2.24, 2.45) is 0 Å². The van der Waals surface area contributed by atoms with Crippen LogP contribution in [0.4, 0.5) is 0 Å². The molecule has 1 unspecified atom stereocenters. The number of nitrogens with zero attached hydrogens (tertiary/aromatic N) is 5. The van der Waals surface area contributed by atoms with Crippen LogP contribution in [-0.2, 0) is 11.3 Å². The molecule has 9 heteroatoms. The molecule has 1 aromatic carbocycles. The quantitative estimate of drug-likeness (QED) is 0.432. The zero-order valence-electron chi connectivity index (χ0n) is 18.5. The fourth-order valence-electron chi connectivity index (χ4n) is 4.42. The summed E-state index contributed by atoms with van der Waals surface area (Å²) in [6.07, 6.45) is 6.85. The second-order valence-electron chi connectivity index (χ2n) is 8.09. The van der Waals surface area contributed by atoms with Gasteiger partial charge in [0.15, 0.2) is 0 Å². The van der Waals surface area contributed by atoms with E-state index in [0.29, 0.717) is 24.9 Å². The molecule has 1 saturated heterocycles. The van der Waals surface area contributed by atoms with Gasteiger partial charge in [0.05, 0.1) is 55.4 Å². The van der Waals surface area contributed by atoms with Gasteiger partial charge in [-0.2, -0.15) is 0 Å². The van der Waals surface area contributed by atoms with E-state index in [1.807, 2.05) is 30.5 Å². The fraction of sp³-hybridized carbons (Fsp3) is 0.333. The van der Waals surface area contributed by atoms with Crippen LogP contribution < -0.4 is 4.74 Å². The molecule has 9 nitrogen and oxygen atoms in total. The summed E-state index contributed by atoms with van der Waals surface area (Å²) < 4.78 is 11.0. The summed E-state index contributed by atoms with van der Waals surface area (Å²) in [7, 11) is 1.62. The normalized spacial score (nSPS) is 17.8. The summed E-state index contributed by atoms with van der Waals surface area (Å²) in [6, 6.07) is 10.0. The SMILES string of the molecule is COc1nc2ccccc2cc1-c1cnc(C2CCN(Cc3ncco3)CCN2CC=O)[nH]1. The Morgan fingerprint density at radius 3 is 2.97 bits per heavy atom. The Bertz CT molecular complexity index is 1220. The second-order valence-corrected chi connectivity index (χ2v) is 8.09. The van der Waals surface area contributed by atoms with Crippen LogP contribution in [0.3, 0.4) is 0 Å². The number of imidazole rings is 1. The lowest BCUT2D eigenvalue weighted by Crippen LogP contribution is -2.33. The molecule has 1 N–H and O–H groups in total. The van der Waals surface area contributed by atoms with Crippen molar-refractivity contribution in [3.63, 3.8) is 0 Å². The van der Waals surface area contributed by atoms with Gasteiger partial charge in [0, 0.05) is 25.0 Å². The Hall–Kier alpha value is -3.56. The average molecular weight is 447 g/mol. The van der Waals surface area contributed by atoms with E-state index >= 15 is 0 Å². The monoisotopic (exact) mass is 446 g/mol. The van der Waals surface area contributed by atoms with Gasteiger partial charge < -0.3 is 18.9 Å². The maximum absolute atomic E-state index is 11.4. The minimum absolute atomic E-state index is 0.00193. The molecule has 0 aliphatic carbocycles. The van der Waals surface area contributed by atoms with E-state index in [4.69, 9.17) is 14.1 Å². The molecule has 1 aliphatic heterocycles. The van der Waals surface area contributed by atoms with Crippen molar-refractivity contribution in [2.75, 3.05) is 33.3 Å². The molecule has 1 aliphatic rings. The molecule has 170 valence electrons. The number of rotatable bonds is 7. The third kappa shape index (κ3) is 4.50. The number of oxazole rings is 1. The van der Waals surface area contributed by atoms with Crippen molar-refractivity contribution in [1.82, 2.24) is 29.7 Å². The molecule has 0 amide bonds. The Morgan fingerprint density at radius 1 is 1.24 bits per heavy atom. The Kier molecular flexibility index (Phi) is 6.14. The van der Waals surface area contributed by atoms with E-state index in [1.165, 1.54) is 0 Å². The first-order chi connectivity index (χ1) is 16.2. The van der Waals surface area contributed by atoms with Crippen molar-refractivity contribution >= 4 is 17.2 Å². The van der Waals surface area contributed by atoms with Crippen LogP contribution in [0.15, 0.2) is 53.4 Å². The Morgan fingerprint density at radius 2 is 2.15 bits per heavy atom. The molecule has 0 radical (unpaired) electrons. The molecule has 4 heterocycles. The smallest absolute Gasteiger partial charge is 0.223 e. The maximum Gasteiger partial charge on any atom is 0.223 e. The highest BCUT2D eigenvalue weighted by atomic mass is 16.5. The number of para-hydroxylation sites is 1. The molecule has 3 aromatic heterocycles. The Labute approximate surface area is 191 Å². The van der Waals surface area contributed by atoms with E-state index < -0.39 is 0 Å². The zero-order valence-corrected chi connectivity index (χ0v) is 18.5. The predicted octanol–water partition coefficient (Wildman–Crippen LogP) is 3.07. The summed E-state index contributed by atoms with van der Waals surface area (Å²) >= 11 is 0. The van der Waals surface area contributed by atoms with E-state index in [-0.39, 0.29) is 6.04 Å². The maximum atomic E-state index is 11.4. The molecule has 0 saturated carbocycles. The number of methoxy groups -OCH3 is 1. The number of hydrogen-bond acceptors (Lipinski definition) is 8. The number of H-pyrrole nitrogens is 1. The third-order valence-electron chi connectivity index (χ3n) is 6.10. The van der Waals surface area contributed by atoms with Gasteiger partial charge in [-0.05, 0) is 18.6 Å². The zero-order chi connectivity index (χ0) is 22.6. The predicted molar refractivity (Wildman–Crippen MR) is 123 cm³/mol. The molecule has 4 aromatic rings. The second kappa shape index (κ2) is 9.51. The molecule has 0 spiro atoms. The number of benzene rings is 1. The van der Waals surface area contributed by atoms with E-state index in [9.17, 15) is 4.79 Å². The van der Waals surface area contributed by atoms with Crippen molar-refractivity contribution in [3.05, 3.63) is 60.7 Å². The number of carbonyl (C=O) groups is 1. The van der Waals surface area contributed by atoms with E-state index in [2.05, 4.69) is 30.8 Å². The minimum atomic E-state index is -0.00193. The highest BCUT2D eigenvalue weighted by molar-refractivity contribution is 5.85. The minimum Gasteiger partial charge on any atom is -0.480 e. The molecule has 0 bridgehead atoms. The summed E-state index contributed by atoms with van der Waals surface area (Å²) in [5.74, 6) is 2.08. The van der Waals surface area contributed by atoms with Gasteiger partial charge in [-0.1, -0.05) is 18.2 Å². The number of carbonyl (C=O) groups excluding carboxylic acids is 1. The van der Waals surface area contributed by atoms with Crippen LogP contribution in [0.2, 0.25) is 0 Å². The standard InChI is InChI=1S/C24H26N6O3/c1-32-24-18(14-17-4-2-3-5-19(17)28-24)20-15-26-23(27-20)21-6-8-29(9-10-30(21)11-12-31)16-22-25-7-13-33-22/h2-5,7,12-15,21H,6,8-11,16H2,1H3,(H,26,27). The van der Waals surface area contributed by atoms with Gasteiger partial charge in [-0.3, -0.25) is 9.80 Å². The van der Waals surface area contributed by atoms with Crippen LogP contribution in [0, 0.1) is 0 Å². The number of pyridine rings is 1. The average Bonchev–Trinajstić information content (AvgIpc) is 3.50. The van der Waals surface area contributed by atoms with Crippen LogP contribution in [0.5, 0.6) is 5.88 Å². The molecule has 1 fully saturated rings. The number of hydrogen-bond donors (Lipinski definition) is 1. The first-order valence-electron chi connectivity index (χ1n) is 11.0. The number of aromatic amines is 1. The highest BCUT2D eigenvalue weighted by Gasteiger charge is 2.28. The van der Waals surface area contributed by atoms with Crippen LogP contribution in [0.1, 0.15) is 24.2 Å². The van der Waals surface area contributed by atoms with Crippen LogP contribution >= 0.6 is 0 Å².